The summed E-state index contributed by atoms with van der Waals surface area (Å²) in [6.07, 6.45) is 2.31. The second kappa shape index (κ2) is 5.17. The molecular weight excluding hydrogens is 284 g/mol. The molecule has 0 radical (unpaired) electrons. The number of benzene rings is 1. The maximum Gasteiger partial charge on any atom is 0.203 e. The molecule has 0 aliphatic heterocycles. The average Bonchev–Trinajstić information content (AvgIpc) is 2.28. The summed E-state index contributed by atoms with van der Waals surface area (Å²) in [6.45, 7) is 2.01. The van der Waals surface area contributed by atoms with Gasteiger partial charge in [0.1, 0.15) is 6.10 Å². The largest absolute Gasteiger partial charge is 0.493 e. The van der Waals surface area contributed by atoms with Gasteiger partial charge in [0.2, 0.25) is 5.75 Å². The standard InChI is InChI=1S/C13H17BrO3/c1-8-4-11(15-2)13(12(5-8)16-3)17-10-6-9(14)7-10/h4-5,9-10H,6-7H2,1-3H3. The van der Waals surface area contributed by atoms with E-state index < -0.39 is 0 Å². The van der Waals surface area contributed by atoms with Gasteiger partial charge in [-0.15, -0.1) is 0 Å². The van der Waals surface area contributed by atoms with E-state index >= 15 is 0 Å². The molecule has 2 rings (SSSR count). The Kier molecular flexibility index (Phi) is 3.82. The van der Waals surface area contributed by atoms with E-state index in [1.165, 1.54) is 0 Å². The second-order valence-electron chi connectivity index (χ2n) is 4.31. The lowest BCUT2D eigenvalue weighted by Gasteiger charge is -2.32. The molecule has 1 saturated carbocycles. The van der Waals surface area contributed by atoms with E-state index in [1.807, 2.05) is 19.1 Å². The van der Waals surface area contributed by atoms with Crippen LogP contribution < -0.4 is 14.2 Å². The Morgan fingerprint density at radius 1 is 1.12 bits per heavy atom. The highest BCUT2D eigenvalue weighted by molar-refractivity contribution is 9.09. The van der Waals surface area contributed by atoms with Crippen molar-refractivity contribution in [1.82, 2.24) is 0 Å². The lowest BCUT2D eigenvalue weighted by Crippen LogP contribution is -2.34. The third-order valence-electron chi connectivity index (χ3n) is 2.93. The maximum absolute atomic E-state index is 5.94. The Bertz CT molecular complexity index is 375. The third-order valence-corrected chi connectivity index (χ3v) is 3.67. The number of hydrogen-bond donors (Lipinski definition) is 0. The first-order valence-corrected chi connectivity index (χ1v) is 6.59. The zero-order valence-electron chi connectivity index (χ0n) is 10.3. The summed E-state index contributed by atoms with van der Waals surface area (Å²) < 4.78 is 16.6. The molecule has 0 aromatic heterocycles. The number of rotatable bonds is 4. The summed E-state index contributed by atoms with van der Waals surface area (Å²) >= 11 is 3.55. The van der Waals surface area contributed by atoms with Crippen LogP contribution in [-0.2, 0) is 0 Å². The van der Waals surface area contributed by atoms with Crippen molar-refractivity contribution in [2.75, 3.05) is 14.2 Å². The predicted octanol–water partition coefficient (Wildman–Crippen LogP) is 3.32. The maximum atomic E-state index is 5.94. The molecule has 3 nitrogen and oxygen atoms in total. The summed E-state index contributed by atoms with van der Waals surface area (Å²) in [6, 6.07) is 3.92. The van der Waals surface area contributed by atoms with Crippen LogP contribution in [0.1, 0.15) is 18.4 Å². The van der Waals surface area contributed by atoms with Gasteiger partial charge in [0.25, 0.3) is 0 Å². The molecule has 1 aliphatic rings. The third kappa shape index (κ3) is 2.68. The topological polar surface area (TPSA) is 27.7 Å². The number of alkyl halides is 1. The molecule has 4 heteroatoms. The van der Waals surface area contributed by atoms with Gasteiger partial charge in [0, 0.05) is 4.83 Å². The molecule has 17 heavy (non-hydrogen) atoms. The molecule has 1 fully saturated rings. The smallest absolute Gasteiger partial charge is 0.203 e. The van der Waals surface area contributed by atoms with Crippen LogP contribution in [0.25, 0.3) is 0 Å². The van der Waals surface area contributed by atoms with Crippen LogP contribution in [0.4, 0.5) is 0 Å². The summed E-state index contributed by atoms with van der Waals surface area (Å²) in [5.41, 5.74) is 1.10. The van der Waals surface area contributed by atoms with Gasteiger partial charge in [0.05, 0.1) is 14.2 Å². The first-order chi connectivity index (χ1) is 8.13. The van der Waals surface area contributed by atoms with Crippen molar-refractivity contribution in [2.45, 2.75) is 30.7 Å². The minimum absolute atomic E-state index is 0.255. The zero-order valence-corrected chi connectivity index (χ0v) is 11.9. The molecule has 0 atom stereocenters. The molecule has 0 bridgehead atoms. The van der Waals surface area contributed by atoms with Gasteiger partial charge >= 0.3 is 0 Å². The monoisotopic (exact) mass is 300 g/mol. The van der Waals surface area contributed by atoms with Crippen molar-refractivity contribution in [3.05, 3.63) is 17.7 Å². The van der Waals surface area contributed by atoms with Crippen LogP contribution in [0.3, 0.4) is 0 Å². The van der Waals surface area contributed by atoms with Gasteiger partial charge in [-0.3, -0.25) is 0 Å². The fourth-order valence-electron chi connectivity index (χ4n) is 1.89. The van der Waals surface area contributed by atoms with Crippen LogP contribution in [0.15, 0.2) is 12.1 Å². The lowest BCUT2D eigenvalue weighted by molar-refractivity contribution is 0.119. The Morgan fingerprint density at radius 3 is 2.06 bits per heavy atom. The van der Waals surface area contributed by atoms with Crippen molar-refractivity contribution in [1.29, 1.82) is 0 Å². The van der Waals surface area contributed by atoms with Gasteiger partial charge in [-0.1, -0.05) is 15.9 Å². The molecule has 0 N–H and O–H groups in total. The van der Waals surface area contributed by atoms with E-state index in [1.54, 1.807) is 14.2 Å². The van der Waals surface area contributed by atoms with E-state index in [0.717, 1.165) is 29.9 Å². The van der Waals surface area contributed by atoms with Crippen LogP contribution in [0.2, 0.25) is 0 Å². The van der Waals surface area contributed by atoms with Crippen molar-refractivity contribution < 1.29 is 14.2 Å². The number of aryl methyl sites for hydroxylation is 1. The van der Waals surface area contributed by atoms with Crippen molar-refractivity contribution >= 4 is 15.9 Å². The Labute approximate surface area is 110 Å². The predicted molar refractivity (Wildman–Crippen MR) is 70.6 cm³/mol. The van der Waals surface area contributed by atoms with Crippen LogP contribution in [0, 0.1) is 6.92 Å². The second-order valence-corrected chi connectivity index (χ2v) is 5.60. The quantitative estimate of drug-likeness (QED) is 0.799. The summed E-state index contributed by atoms with van der Waals surface area (Å²) in [5.74, 6) is 2.18. The van der Waals surface area contributed by atoms with Gasteiger partial charge in [-0.05, 0) is 37.5 Å². The highest BCUT2D eigenvalue weighted by Gasteiger charge is 2.30. The molecule has 1 aliphatic carbocycles. The SMILES string of the molecule is COc1cc(C)cc(OC)c1OC1CC(Br)C1. The molecule has 1 aromatic rings. The minimum atomic E-state index is 0.255. The molecule has 94 valence electrons. The van der Waals surface area contributed by atoms with Crippen LogP contribution in [-0.4, -0.2) is 25.2 Å². The van der Waals surface area contributed by atoms with Gasteiger partial charge in [-0.2, -0.15) is 0 Å². The summed E-state index contributed by atoms with van der Waals surface area (Å²) in [7, 11) is 3.30. The number of halogens is 1. The zero-order chi connectivity index (χ0) is 12.4. The number of methoxy groups -OCH3 is 2. The first-order valence-electron chi connectivity index (χ1n) is 5.67. The Hall–Kier alpha value is -0.900. The first kappa shape index (κ1) is 12.6. The van der Waals surface area contributed by atoms with E-state index in [2.05, 4.69) is 15.9 Å². The van der Waals surface area contributed by atoms with E-state index in [-0.39, 0.29) is 6.10 Å². The van der Waals surface area contributed by atoms with Crippen LogP contribution >= 0.6 is 15.9 Å². The van der Waals surface area contributed by atoms with Gasteiger partial charge in [-0.25, -0.2) is 0 Å². The van der Waals surface area contributed by atoms with E-state index in [4.69, 9.17) is 14.2 Å². The summed E-state index contributed by atoms with van der Waals surface area (Å²) in [5, 5.41) is 0. The van der Waals surface area contributed by atoms with Crippen molar-refractivity contribution in [2.24, 2.45) is 0 Å². The van der Waals surface area contributed by atoms with Crippen molar-refractivity contribution in [3.8, 4) is 17.2 Å². The number of ether oxygens (including phenoxy) is 3. The van der Waals surface area contributed by atoms with Gasteiger partial charge < -0.3 is 14.2 Å². The molecule has 1 aromatic carbocycles. The lowest BCUT2D eigenvalue weighted by atomic mass is 9.96. The Balaban J connectivity index is 2.23. The molecule has 0 spiro atoms. The molecule has 0 amide bonds. The number of hydrogen-bond acceptors (Lipinski definition) is 3. The normalized spacial score (nSPS) is 22.8. The highest BCUT2D eigenvalue weighted by atomic mass is 79.9. The van der Waals surface area contributed by atoms with E-state index in [0.29, 0.717) is 10.6 Å². The van der Waals surface area contributed by atoms with Gasteiger partial charge in [0.15, 0.2) is 11.5 Å². The fourth-order valence-corrected chi connectivity index (χ4v) is 2.73. The van der Waals surface area contributed by atoms with Crippen molar-refractivity contribution in [3.63, 3.8) is 0 Å². The fraction of sp³-hybridized carbons (Fsp3) is 0.538. The minimum Gasteiger partial charge on any atom is -0.493 e. The molecule has 0 saturated heterocycles. The average molecular weight is 301 g/mol. The van der Waals surface area contributed by atoms with Crippen LogP contribution in [0.5, 0.6) is 17.2 Å². The van der Waals surface area contributed by atoms with E-state index in [9.17, 15) is 0 Å². The molecular formula is C13H17BrO3. The summed E-state index contributed by atoms with van der Waals surface area (Å²) in [4.78, 5) is 0.579. The molecule has 0 heterocycles. The highest BCUT2D eigenvalue weighted by Crippen LogP contribution is 2.42. The Morgan fingerprint density at radius 2 is 1.65 bits per heavy atom. The molecule has 0 unspecified atom stereocenters.